The summed E-state index contributed by atoms with van der Waals surface area (Å²) in [6, 6.07) is 8.80. The van der Waals surface area contributed by atoms with E-state index in [4.69, 9.17) is 4.74 Å². The smallest absolute Gasteiger partial charge is 0.145 e. The predicted molar refractivity (Wildman–Crippen MR) is 70.6 cm³/mol. The first-order valence-electron chi connectivity index (χ1n) is 6.41. The summed E-state index contributed by atoms with van der Waals surface area (Å²) in [5.74, 6) is 1.08. The fourth-order valence-corrected chi connectivity index (χ4v) is 1.86. The van der Waals surface area contributed by atoms with Crippen LogP contribution in [0, 0.1) is 5.82 Å². The second-order valence-corrected chi connectivity index (χ2v) is 4.70. The molecule has 1 fully saturated rings. The van der Waals surface area contributed by atoms with E-state index in [0.29, 0.717) is 24.1 Å². The Hall–Kier alpha value is -1.94. The van der Waals surface area contributed by atoms with Crippen molar-refractivity contribution in [3.8, 4) is 11.5 Å². The van der Waals surface area contributed by atoms with Crippen LogP contribution in [-0.2, 0) is 6.54 Å². The molecule has 1 heterocycles. The number of pyridine rings is 1. The first kappa shape index (κ1) is 12.1. The maximum absolute atomic E-state index is 13.3. The maximum Gasteiger partial charge on any atom is 0.145 e. The van der Waals surface area contributed by atoms with Crippen LogP contribution < -0.4 is 10.1 Å². The third kappa shape index (κ3) is 3.29. The third-order valence-corrected chi connectivity index (χ3v) is 3.04. The molecule has 2 aromatic rings. The van der Waals surface area contributed by atoms with E-state index in [-0.39, 0.29) is 5.82 Å². The Morgan fingerprint density at radius 3 is 2.95 bits per heavy atom. The molecule has 3 nitrogen and oxygen atoms in total. The van der Waals surface area contributed by atoms with Gasteiger partial charge in [0.25, 0.3) is 0 Å². The molecule has 0 atom stereocenters. The second-order valence-electron chi connectivity index (χ2n) is 4.70. The number of rotatable bonds is 5. The highest BCUT2D eigenvalue weighted by atomic mass is 19.1. The van der Waals surface area contributed by atoms with Crippen LogP contribution in [0.2, 0.25) is 0 Å². The van der Waals surface area contributed by atoms with Gasteiger partial charge in [-0.3, -0.25) is 4.98 Å². The largest absolute Gasteiger partial charge is 0.455 e. The zero-order valence-electron chi connectivity index (χ0n) is 10.5. The molecule has 4 heteroatoms. The van der Waals surface area contributed by atoms with Crippen LogP contribution in [0.3, 0.4) is 0 Å². The lowest BCUT2D eigenvalue weighted by Crippen LogP contribution is -2.15. The Morgan fingerprint density at radius 2 is 2.21 bits per heavy atom. The average molecular weight is 258 g/mol. The van der Waals surface area contributed by atoms with Gasteiger partial charge in [-0.15, -0.1) is 0 Å². The van der Waals surface area contributed by atoms with Gasteiger partial charge in [0, 0.05) is 24.3 Å². The quantitative estimate of drug-likeness (QED) is 0.893. The Balaban J connectivity index is 1.78. The van der Waals surface area contributed by atoms with Gasteiger partial charge in [0.1, 0.15) is 17.3 Å². The maximum atomic E-state index is 13.3. The van der Waals surface area contributed by atoms with E-state index in [1.807, 2.05) is 6.07 Å². The molecular formula is C15H15FN2O. The summed E-state index contributed by atoms with van der Waals surface area (Å²) in [5.41, 5.74) is 0.829. The van der Waals surface area contributed by atoms with Crippen LogP contribution in [0.1, 0.15) is 18.4 Å². The molecule has 0 saturated heterocycles. The summed E-state index contributed by atoms with van der Waals surface area (Å²) < 4.78 is 19.1. The predicted octanol–water partition coefficient (Wildman–Crippen LogP) is 3.27. The van der Waals surface area contributed by atoms with Crippen LogP contribution in [-0.4, -0.2) is 11.0 Å². The molecular weight excluding hydrogens is 243 g/mol. The van der Waals surface area contributed by atoms with Crippen molar-refractivity contribution in [3.63, 3.8) is 0 Å². The number of ether oxygens (including phenoxy) is 1. The van der Waals surface area contributed by atoms with E-state index >= 15 is 0 Å². The summed E-state index contributed by atoms with van der Waals surface area (Å²) >= 11 is 0. The van der Waals surface area contributed by atoms with Crippen molar-refractivity contribution >= 4 is 0 Å². The zero-order chi connectivity index (χ0) is 13.1. The van der Waals surface area contributed by atoms with Crippen LogP contribution in [0.15, 0.2) is 42.7 Å². The van der Waals surface area contributed by atoms with Gasteiger partial charge in [0.15, 0.2) is 0 Å². The molecule has 98 valence electrons. The van der Waals surface area contributed by atoms with Gasteiger partial charge in [0.05, 0.1) is 6.20 Å². The molecule has 1 aliphatic rings. The molecule has 0 spiro atoms. The highest BCUT2D eigenvalue weighted by Gasteiger charge is 2.20. The molecule has 3 rings (SSSR count). The van der Waals surface area contributed by atoms with Crippen molar-refractivity contribution in [1.29, 1.82) is 0 Å². The normalized spacial score (nSPS) is 14.4. The van der Waals surface area contributed by atoms with Crippen LogP contribution in [0.25, 0.3) is 0 Å². The third-order valence-electron chi connectivity index (χ3n) is 3.04. The van der Waals surface area contributed by atoms with Gasteiger partial charge >= 0.3 is 0 Å². The van der Waals surface area contributed by atoms with E-state index in [1.54, 1.807) is 24.5 Å². The van der Waals surface area contributed by atoms with Gasteiger partial charge in [-0.1, -0.05) is 0 Å². The number of nitrogens with zero attached hydrogens (tertiary/aromatic N) is 1. The summed E-state index contributed by atoms with van der Waals surface area (Å²) in [5, 5.41) is 3.36. The average Bonchev–Trinajstić information content (AvgIpc) is 3.24. The molecule has 1 saturated carbocycles. The molecule has 0 unspecified atom stereocenters. The topological polar surface area (TPSA) is 34.1 Å². The lowest BCUT2D eigenvalue weighted by atomic mass is 10.2. The molecule has 0 radical (unpaired) electrons. The van der Waals surface area contributed by atoms with E-state index in [9.17, 15) is 4.39 Å². The van der Waals surface area contributed by atoms with Crippen molar-refractivity contribution in [1.82, 2.24) is 10.3 Å². The molecule has 1 N–H and O–H groups in total. The molecule has 0 aliphatic heterocycles. The van der Waals surface area contributed by atoms with Crippen molar-refractivity contribution in [2.24, 2.45) is 0 Å². The Labute approximate surface area is 111 Å². The molecule has 0 bridgehead atoms. The number of hydrogen-bond donors (Lipinski definition) is 1. The van der Waals surface area contributed by atoms with E-state index in [0.717, 1.165) is 5.56 Å². The van der Waals surface area contributed by atoms with E-state index < -0.39 is 0 Å². The fourth-order valence-electron chi connectivity index (χ4n) is 1.86. The molecule has 0 amide bonds. The minimum absolute atomic E-state index is 0.244. The number of aromatic nitrogens is 1. The number of hydrogen-bond acceptors (Lipinski definition) is 3. The molecule has 1 aromatic carbocycles. The number of halogens is 1. The van der Waals surface area contributed by atoms with Crippen LogP contribution in [0.5, 0.6) is 11.5 Å². The van der Waals surface area contributed by atoms with Crippen LogP contribution in [0.4, 0.5) is 4.39 Å². The first-order chi connectivity index (χ1) is 9.31. The lowest BCUT2D eigenvalue weighted by Gasteiger charge is -2.11. The highest BCUT2D eigenvalue weighted by Crippen LogP contribution is 2.27. The van der Waals surface area contributed by atoms with Gasteiger partial charge in [-0.25, -0.2) is 4.39 Å². The van der Waals surface area contributed by atoms with Gasteiger partial charge in [-0.05, 0) is 43.2 Å². The summed E-state index contributed by atoms with van der Waals surface area (Å²) in [4.78, 5) is 4.00. The van der Waals surface area contributed by atoms with Crippen molar-refractivity contribution < 1.29 is 9.13 Å². The van der Waals surface area contributed by atoms with E-state index in [2.05, 4.69) is 10.3 Å². The zero-order valence-corrected chi connectivity index (χ0v) is 10.5. The Bertz CT molecular complexity index is 555. The highest BCUT2D eigenvalue weighted by molar-refractivity contribution is 5.37. The van der Waals surface area contributed by atoms with E-state index in [1.165, 1.54) is 25.0 Å². The van der Waals surface area contributed by atoms with Crippen molar-refractivity contribution in [2.45, 2.75) is 25.4 Å². The SMILES string of the molecule is Fc1ccc(Oc2cccnc2)c(CNC2CC2)c1. The monoisotopic (exact) mass is 258 g/mol. The summed E-state index contributed by atoms with van der Waals surface area (Å²) in [6.45, 7) is 0.623. The molecule has 19 heavy (non-hydrogen) atoms. The fraction of sp³-hybridized carbons (Fsp3) is 0.267. The minimum atomic E-state index is -0.244. The Kier molecular flexibility index (Phi) is 3.42. The summed E-state index contributed by atoms with van der Waals surface area (Å²) in [7, 11) is 0. The van der Waals surface area contributed by atoms with Crippen LogP contribution >= 0.6 is 0 Å². The van der Waals surface area contributed by atoms with Crippen molar-refractivity contribution in [2.75, 3.05) is 0 Å². The first-order valence-corrected chi connectivity index (χ1v) is 6.41. The summed E-state index contributed by atoms with van der Waals surface area (Å²) in [6.07, 6.45) is 5.73. The number of benzene rings is 1. The standard InChI is InChI=1S/C15H15FN2O/c16-12-3-6-15(19-14-2-1-7-17-10-14)11(8-12)9-18-13-4-5-13/h1-3,6-8,10,13,18H,4-5,9H2. The second kappa shape index (κ2) is 5.36. The van der Waals surface area contributed by atoms with Crippen molar-refractivity contribution in [3.05, 3.63) is 54.1 Å². The molecule has 1 aliphatic carbocycles. The lowest BCUT2D eigenvalue weighted by molar-refractivity contribution is 0.467. The number of nitrogens with one attached hydrogen (secondary N) is 1. The van der Waals surface area contributed by atoms with Gasteiger partial charge in [0.2, 0.25) is 0 Å². The minimum Gasteiger partial charge on any atom is -0.455 e. The van der Waals surface area contributed by atoms with Gasteiger partial charge < -0.3 is 10.1 Å². The van der Waals surface area contributed by atoms with Gasteiger partial charge in [-0.2, -0.15) is 0 Å². The Morgan fingerprint density at radius 1 is 1.32 bits per heavy atom. The molecule has 1 aromatic heterocycles.